The zero-order chi connectivity index (χ0) is 15.4. The molecule has 120 valence electrons. The van der Waals surface area contributed by atoms with Crippen LogP contribution in [0.15, 0.2) is 5.16 Å². The van der Waals surface area contributed by atoms with Gasteiger partial charge < -0.3 is 9.94 Å². The third-order valence-electron chi connectivity index (χ3n) is 6.04. The topological polar surface area (TPSA) is 79.2 Å². The summed E-state index contributed by atoms with van der Waals surface area (Å²) in [5, 5.41) is 12.1. The molecule has 0 unspecified atom stereocenters. The Bertz CT molecular complexity index is 551. The van der Waals surface area contributed by atoms with Crippen LogP contribution in [0.25, 0.3) is 0 Å². The molecule has 0 aromatic carbocycles. The Morgan fingerprint density at radius 2 is 1.95 bits per heavy atom. The van der Waals surface area contributed by atoms with Crippen molar-refractivity contribution >= 4 is 15.7 Å². The van der Waals surface area contributed by atoms with Crippen LogP contribution in [-0.2, 0) is 14.8 Å². The van der Waals surface area contributed by atoms with Crippen molar-refractivity contribution < 1.29 is 18.4 Å². The molecule has 1 saturated heterocycles. The molecule has 7 heteroatoms. The average Bonchev–Trinajstić information content (AvgIpc) is 2.96. The molecule has 0 aromatic rings. The molecule has 3 rings (SSSR count). The van der Waals surface area contributed by atoms with Crippen LogP contribution in [0.4, 0.5) is 0 Å². The molecule has 2 aliphatic carbocycles. The number of morpholine rings is 1. The van der Waals surface area contributed by atoms with Crippen LogP contribution < -0.4 is 0 Å². The van der Waals surface area contributed by atoms with Gasteiger partial charge in [0.25, 0.3) is 0 Å². The van der Waals surface area contributed by atoms with E-state index in [0.29, 0.717) is 37.9 Å². The fourth-order valence-corrected chi connectivity index (χ4v) is 6.78. The van der Waals surface area contributed by atoms with E-state index in [2.05, 4.69) is 25.9 Å². The lowest BCUT2D eigenvalue weighted by Gasteiger charge is -2.42. The highest BCUT2D eigenvalue weighted by atomic mass is 32.2. The third kappa shape index (κ3) is 2.04. The second kappa shape index (κ2) is 4.93. The number of hydrogen-bond donors (Lipinski definition) is 1. The van der Waals surface area contributed by atoms with Crippen LogP contribution in [0.5, 0.6) is 0 Å². The summed E-state index contributed by atoms with van der Waals surface area (Å²) in [6.07, 6.45) is 0.807. The Kier molecular flexibility index (Phi) is 3.58. The van der Waals surface area contributed by atoms with E-state index in [1.165, 1.54) is 4.31 Å². The summed E-state index contributed by atoms with van der Waals surface area (Å²) in [6, 6.07) is 0. The van der Waals surface area contributed by atoms with Crippen molar-refractivity contribution in [1.82, 2.24) is 4.31 Å². The van der Waals surface area contributed by atoms with E-state index >= 15 is 0 Å². The van der Waals surface area contributed by atoms with Gasteiger partial charge in [-0.15, -0.1) is 0 Å². The summed E-state index contributed by atoms with van der Waals surface area (Å²) in [4.78, 5) is 0. The predicted octanol–water partition coefficient (Wildman–Crippen LogP) is 1.16. The van der Waals surface area contributed by atoms with E-state index in [-0.39, 0.29) is 17.3 Å². The van der Waals surface area contributed by atoms with E-state index in [9.17, 15) is 13.6 Å². The number of oxime groups is 1. The van der Waals surface area contributed by atoms with Gasteiger partial charge in [-0.3, -0.25) is 0 Å². The highest BCUT2D eigenvalue weighted by Crippen LogP contribution is 2.59. The molecular formula is C14H24N2O4S. The van der Waals surface area contributed by atoms with Gasteiger partial charge in [-0.25, -0.2) is 8.42 Å². The largest absolute Gasteiger partial charge is 0.411 e. The summed E-state index contributed by atoms with van der Waals surface area (Å²) in [5.74, 6) is 0.441. The lowest BCUT2D eigenvalue weighted by molar-refractivity contribution is 0.0719. The molecule has 1 aliphatic heterocycles. The maximum atomic E-state index is 13.0. The predicted molar refractivity (Wildman–Crippen MR) is 78.9 cm³/mol. The van der Waals surface area contributed by atoms with Crippen molar-refractivity contribution in [2.45, 2.75) is 32.4 Å². The number of ether oxygens (including phenoxy) is 1. The molecule has 4 atom stereocenters. The normalized spacial score (nSPS) is 41.8. The molecule has 0 radical (unpaired) electrons. The molecule has 1 N–H and O–H groups in total. The molecule has 1 heterocycles. The Labute approximate surface area is 126 Å². The van der Waals surface area contributed by atoms with Gasteiger partial charge in [-0.05, 0) is 23.7 Å². The van der Waals surface area contributed by atoms with E-state index in [1.54, 1.807) is 0 Å². The van der Waals surface area contributed by atoms with Gasteiger partial charge >= 0.3 is 0 Å². The standard InChI is InChI=1S/C14H24N2O4S/c1-9-10-8-11(14(9,2)3)13(12(10)15-17)21(18,19)16-4-6-20-7-5-16/h9-11,13,17H,4-8H2,1-3H3/b15-12-/t9-,10+,11+,13+/m0/s1. The van der Waals surface area contributed by atoms with Crippen molar-refractivity contribution in [2.24, 2.45) is 28.3 Å². The van der Waals surface area contributed by atoms with Crippen molar-refractivity contribution in [3.05, 3.63) is 0 Å². The SMILES string of the molecule is C[C@H]1[C@H]2C[C@H]([C@@H](S(=O)(=O)N3CCOCC3)/C2=N\O)C1(C)C. The quantitative estimate of drug-likeness (QED) is 0.612. The second-order valence-corrected chi connectivity index (χ2v) is 9.11. The maximum Gasteiger partial charge on any atom is 0.222 e. The highest BCUT2D eigenvalue weighted by Gasteiger charge is 2.63. The van der Waals surface area contributed by atoms with Crippen molar-refractivity contribution in [1.29, 1.82) is 0 Å². The smallest absolute Gasteiger partial charge is 0.222 e. The van der Waals surface area contributed by atoms with Gasteiger partial charge in [0, 0.05) is 19.0 Å². The molecule has 2 bridgehead atoms. The first-order valence-corrected chi connectivity index (χ1v) is 9.10. The van der Waals surface area contributed by atoms with Gasteiger partial charge in [0.1, 0.15) is 5.25 Å². The Morgan fingerprint density at radius 3 is 2.52 bits per heavy atom. The Morgan fingerprint density at radius 1 is 1.33 bits per heavy atom. The lowest BCUT2D eigenvalue weighted by Crippen LogP contribution is -2.53. The maximum absolute atomic E-state index is 13.0. The summed E-state index contributed by atoms with van der Waals surface area (Å²) >= 11 is 0. The molecule has 0 amide bonds. The summed E-state index contributed by atoms with van der Waals surface area (Å²) < 4.78 is 32.8. The van der Waals surface area contributed by atoms with E-state index < -0.39 is 15.3 Å². The molecule has 0 aromatic heterocycles. The molecule has 3 aliphatic rings. The molecular weight excluding hydrogens is 292 g/mol. The molecule has 21 heavy (non-hydrogen) atoms. The average molecular weight is 316 g/mol. The van der Waals surface area contributed by atoms with Crippen molar-refractivity contribution in [3.63, 3.8) is 0 Å². The minimum atomic E-state index is -3.49. The number of nitrogens with zero attached hydrogens (tertiary/aromatic N) is 2. The third-order valence-corrected chi connectivity index (χ3v) is 8.34. The number of sulfonamides is 1. The summed E-state index contributed by atoms with van der Waals surface area (Å²) in [6.45, 7) is 8.07. The monoisotopic (exact) mass is 316 g/mol. The van der Waals surface area contributed by atoms with Crippen LogP contribution >= 0.6 is 0 Å². The van der Waals surface area contributed by atoms with Gasteiger partial charge in [0.15, 0.2) is 0 Å². The van der Waals surface area contributed by atoms with Crippen LogP contribution in [0.1, 0.15) is 27.2 Å². The number of rotatable bonds is 2. The molecule has 2 saturated carbocycles. The first-order valence-electron chi connectivity index (χ1n) is 7.60. The zero-order valence-electron chi connectivity index (χ0n) is 12.8. The van der Waals surface area contributed by atoms with Gasteiger partial charge in [0.05, 0.1) is 18.9 Å². The zero-order valence-corrected chi connectivity index (χ0v) is 13.6. The minimum absolute atomic E-state index is 0.0243. The van der Waals surface area contributed by atoms with Gasteiger partial charge in [-0.1, -0.05) is 25.9 Å². The van der Waals surface area contributed by atoms with Gasteiger partial charge in [0.2, 0.25) is 10.0 Å². The molecule has 0 spiro atoms. The van der Waals surface area contributed by atoms with Crippen LogP contribution in [0, 0.1) is 23.2 Å². The second-order valence-electron chi connectivity index (χ2n) is 7.06. The fraction of sp³-hybridized carbons (Fsp3) is 0.929. The number of fused-ring (bicyclic) bond motifs is 2. The summed E-state index contributed by atoms with van der Waals surface area (Å²) in [7, 11) is -3.49. The van der Waals surface area contributed by atoms with Crippen molar-refractivity contribution in [2.75, 3.05) is 26.3 Å². The lowest BCUT2D eigenvalue weighted by atomic mass is 9.69. The van der Waals surface area contributed by atoms with Crippen LogP contribution in [0.2, 0.25) is 0 Å². The highest BCUT2D eigenvalue weighted by molar-refractivity contribution is 7.90. The molecule has 6 nitrogen and oxygen atoms in total. The van der Waals surface area contributed by atoms with E-state index in [4.69, 9.17) is 4.74 Å². The summed E-state index contributed by atoms with van der Waals surface area (Å²) in [5.41, 5.74) is 0.418. The van der Waals surface area contributed by atoms with E-state index in [0.717, 1.165) is 6.42 Å². The van der Waals surface area contributed by atoms with Crippen LogP contribution in [-0.4, -0.2) is 55.2 Å². The minimum Gasteiger partial charge on any atom is -0.411 e. The van der Waals surface area contributed by atoms with E-state index in [1.807, 2.05) is 0 Å². The molecule has 3 fully saturated rings. The Hall–Kier alpha value is -0.660. The number of hydrogen-bond acceptors (Lipinski definition) is 5. The van der Waals surface area contributed by atoms with Gasteiger partial charge in [-0.2, -0.15) is 4.31 Å². The first kappa shape index (κ1) is 15.2. The Balaban J connectivity index is 1.97. The first-order chi connectivity index (χ1) is 9.81. The van der Waals surface area contributed by atoms with Crippen molar-refractivity contribution in [3.8, 4) is 0 Å². The van der Waals surface area contributed by atoms with Crippen LogP contribution in [0.3, 0.4) is 0 Å². The fourth-order valence-electron chi connectivity index (χ4n) is 4.40.